The lowest BCUT2D eigenvalue weighted by molar-refractivity contribution is 0.174. The van der Waals surface area contributed by atoms with Gasteiger partial charge in [-0.1, -0.05) is 62.0 Å². The van der Waals surface area contributed by atoms with Crippen molar-refractivity contribution in [1.29, 1.82) is 0 Å². The van der Waals surface area contributed by atoms with E-state index in [1.165, 1.54) is 5.56 Å². The molecule has 1 atom stereocenters. The molecular weight excluding hydrogens is 376 g/mol. The van der Waals surface area contributed by atoms with Gasteiger partial charge < -0.3 is 18.9 Å². The number of rotatable bonds is 9. The zero-order valence-corrected chi connectivity index (χ0v) is 17.2. The molecule has 30 heavy (non-hydrogen) atoms. The highest BCUT2D eigenvalue weighted by Crippen LogP contribution is 2.43. The van der Waals surface area contributed by atoms with Gasteiger partial charge in [-0.2, -0.15) is 0 Å². The minimum absolute atomic E-state index is 0.169. The maximum Gasteiger partial charge on any atom is 0.231 e. The van der Waals surface area contributed by atoms with E-state index in [1.807, 2.05) is 42.5 Å². The third-order valence-corrected chi connectivity index (χ3v) is 5.18. The van der Waals surface area contributed by atoms with Crippen LogP contribution in [0, 0.1) is 0 Å². The molecule has 0 fully saturated rings. The summed E-state index contributed by atoms with van der Waals surface area (Å²) in [6.07, 6.45) is 2.67. The monoisotopic (exact) mass is 402 g/mol. The zero-order chi connectivity index (χ0) is 20.8. The topological polar surface area (TPSA) is 36.9 Å². The van der Waals surface area contributed by atoms with Crippen molar-refractivity contribution in [3.8, 4) is 23.0 Å². The Bertz CT molecular complexity index is 980. The number of benzene rings is 3. The standard InChI is InChI=1S/C26H26O4/c1-3-14-27-24-16-26-25(29-18-30-26)15-23(24)22(4-2)20-10-12-21(13-11-20)28-17-19-8-6-5-7-9-19/h3,5-13,15-16,22H,1,4,14,17-18H2,2H3. The summed E-state index contributed by atoms with van der Waals surface area (Å²) in [4.78, 5) is 0. The minimum Gasteiger partial charge on any atom is -0.489 e. The van der Waals surface area contributed by atoms with Gasteiger partial charge in [0.15, 0.2) is 11.5 Å². The molecule has 4 nitrogen and oxygen atoms in total. The summed E-state index contributed by atoms with van der Waals surface area (Å²) in [6.45, 7) is 7.16. The quantitative estimate of drug-likeness (QED) is 0.405. The first kappa shape index (κ1) is 19.9. The molecular formula is C26H26O4. The van der Waals surface area contributed by atoms with Crippen molar-refractivity contribution in [2.45, 2.75) is 25.9 Å². The highest BCUT2D eigenvalue weighted by molar-refractivity contribution is 5.55. The van der Waals surface area contributed by atoms with Crippen molar-refractivity contribution < 1.29 is 18.9 Å². The molecule has 4 heteroatoms. The van der Waals surface area contributed by atoms with Crippen molar-refractivity contribution in [3.05, 3.63) is 96.1 Å². The van der Waals surface area contributed by atoms with Crippen LogP contribution >= 0.6 is 0 Å². The predicted molar refractivity (Wildman–Crippen MR) is 118 cm³/mol. The summed E-state index contributed by atoms with van der Waals surface area (Å²) in [7, 11) is 0. The van der Waals surface area contributed by atoms with Crippen LogP contribution in [0.2, 0.25) is 0 Å². The lowest BCUT2D eigenvalue weighted by Gasteiger charge is -2.20. The van der Waals surface area contributed by atoms with E-state index >= 15 is 0 Å². The van der Waals surface area contributed by atoms with E-state index in [1.54, 1.807) is 6.08 Å². The van der Waals surface area contributed by atoms with E-state index in [0.29, 0.717) is 13.2 Å². The highest BCUT2D eigenvalue weighted by atomic mass is 16.7. The minimum atomic E-state index is 0.169. The second-order valence-corrected chi connectivity index (χ2v) is 7.15. The largest absolute Gasteiger partial charge is 0.489 e. The Morgan fingerprint density at radius 3 is 2.40 bits per heavy atom. The van der Waals surface area contributed by atoms with Gasteiger partial charge in [-0.05, 0) is 35.7 Å². The van der Waals surface area contributed by atoms with Crippen molar-refractivity contribution >= 4 is 0 Å². The van der Waals surface area contributed by atoms with E-state index < -0.39 is 0 Å². The number of fused-ring (bicyclic) bond motifs is 1. The van der Waals surface area contributed by atoms with Gasteiger partial charge in [0.1, 0.15) is 24.7 Å². The van der Waals surface area contributed by atoms with E-state index in [9.17, 15) is 0 Å². The third kappa shape index (κ3) is 4.43. The van der Waals surface area contributed by atoms with Crippen LogP contribution in [-0.2, 0) is 6.61 Å². The van der Waals surface area contributed by atoms with Crippen LogP contribution < -0.4 is 18.9 Å². The second-order valence-electron chi connectivity index (χ2n) is 7.15. The summed E-state index contributed by atoms with van der Waals surface area (Å²) < 4.78 is 23.0. The molecule has 3 aromatic rings. The lowest BCUT2D eigenvalue weighted by atomic mass is 9.88. The van der Waals surface area contributed by atoms with E-state index in [-0.39, 0.29) is 12.7 Å². The van der Waals surface area contributed by atoms with Crippen LogP contribution in [0.1, 0.15) is 36.0 Å². The normalized spacial score (nSPS) is 13.0. The predicted octanol–water partition coefficient (Wildman–Crippen LogP) is 6.10. The molecule has 1 aliphatic rings. The Morgan fingerprint density at radius 2 is 1.70 bits per heavy atom. The molecule has 0 aliphatic carbocycles. The van der Waals surface area contributed by atoms with Gasteiger partial charge in [-0.15, -0.1) is 0 Å². The van der Waals surface area contributed by atoms with Crippen molar-refractivity contribution in [2.75, 3.05) is 13.4 Å². The van der Waals surface area contributed by atoms with Gasteiger partial charge in [0, 0.05) is 17.5 Å². The van der Waals surface area contributed by atoms with Crippen molar-refractivity contribution in [3.63, 3.8) is 0 Å². The Kier molecular flexibility index (Phi) is 6.23. The number of ether oxygens (including phenoxy) is 4. The third-order valence-electron chi connectivity index (χ3n) is 5.18. The molecule has 0 saturated carbocycles. The Balaban J connectivity index is 1.55. The van der Waals surface area contributed by atoms with Crippen molar-refractivity contribution in [1.82, 2.24) is 0 Å². The van der Waals surface area contributed by atoms with Crippen LogP contribution in [0.25, 0.3) is 0 Å². The first-order chi connectivity index (χ1) is 14.8. The van der Waals surface area contributed by atoms with E-state index in [2.05, 4.69) is 37.8 Å². The van der Waals surface area contributed by atoms with Crippen LogP contribution in [0.4, 0.5) is 0 Å². The summed E-state index contributed by atoms with van der Waals surface area (Å²) in [5.41, 5.74) is 3.44. The Morgan fingerprint density at radius 1 is 0.967 bits per heavy atom. The highest BCUT2D eigenvalue weighted by Gasteiger charge is 2.23. The molecule has 0 spiro atoms. The SMILES string of the molecule is C=CCOc1cc2c(cc1C(CC)c1ccc(OCc3ccccc3)cc1)OCO2. The van der Waals surface area contributed by atoms with E-state index in [4.69, 9.17) is 18.9 Å². The van der Waals surface area contributed by atoms with Crippen LogP contribution in [-0.4, -0.2) is 13.4 Å². The van der Waals surface area contributed by atoms with Crippen LogP contribution in [0.3, 0.4) is 0 Å². The fourth-order valence-corrected chi connectivity index (χ4v) is 3.66. The molecule has 3 aromatic carbocycles. The molecule has 0 saturated heterocycles. The number of hydrogen-bond donors (Lipinski definition) is 0. The lowest BCUT2D eigenvalue weighted by Crippen LogP contribution is -2.05. The van der Waals surface area contributed by atoms with Gasteiger partial charge in [0.25, 0.3) is 0 Å². The second kappa shape index (κ2) is 9.40. The smallest absolute Gasteiger partial charge is 0.231 e. The molecule has 1 unspecified atom stereocenters. The molecule has 1 aliphatic heterocycles. The average molecular weight is 402 g/mol. The molecule has 0 bridgehead atoms. The van der Waals surface area contributed by atoms with Gasteiger partial charge in [-0.25, -0.2) is 0 Å². The Hall–Kier alpha value is -3.40. The molecule has 0 amide bonds. The molecule has 154 valence electrons. The summed E-state index contributed by atoms with van der Waals surface area (Å²) in [5.74, 6) is 3.30. The van der Waals surface area contributed by atoms with Gasteiger partial charge in [-0.3, -0.25) is 0 Å². The van der Waals surface area contributed by atoms with Crippen molar-refractivity contribution in [2.24, 2.45) is 0 Å². The summed E-state index contributed by atoms with van der Waals surface area (Å²) in [5, 5.41) is 0. The first-order valence-electron chi connectivity index (χ1n) is 10.2. The fraction of sp³-hybridized carbons (Fsp3) is 0.231. The molecule has 4 rings (SSSR count). The van der Waals surface area contributed by atoms with Crippen LogP contribution in [0.5, 0.6) is 23.0 Å². The van der Waals surface area contributed by atoms with E-state index in [0.717, 1.165) is 40.5 Å². The van der Waals surface area contributed by atoms with Gasteiger partial charge >= 0.3 is 0 Å². The van der Waals surface area contributed by atoms with Crippen LogP contribution in [0.15, 0.2) is 79.4 Å². The maximum absolute atomic E-state index is 5.95. The average Bonchev–Trinajstić information content (AvgIpc) is 3.25. The van der Waals surface area contributed by atoms with Gasteiger partial charge in [0.05, 0.1) is 0 Å². The molecule has 0 N–H and O–H groups in total. The van der Waals surface area contributed by atoms with Gasteiger partial charge in [0.2, 0.25) is 6.79 Å². The zero-order valence-electron chi connectivity index (χ0n) is 17.2. The first-order valence-corrected chi connectivity index (χ1v) is 10.2. The number of hydrogen-bond acceptors (Lipinski definition) is 4. The summed E-state index contributed by atoms with van der Waals surface area (Å²) in [6, 6.07) is 22.4. The fourth-order valence-electron chi connectivity index (χ4n) is 3.66. The Labute approximate surface area is 177 Å². The molecule has 0 radical (unpaired) electrons. The summed E-state index contributed by atoms with van der Waals surface area (Å²) >= 11 is 0. The molecule has 0 aromatic heterocycles. The maximum atomic E-state index is 5.95. The molecule has 1 heterocycles.